The molecule has 0 amide bonds. The summed E-state index contributed by atoms with van der Waals surface area (Å²) in [7, 11) is 0. The normalized spacial score (nSPS) is 12.9. The van der Waals surface area contributed by atoms with Crippen LogP contribution in [0.2, 0.25) is 0 Å². The van der Waals surface area contributed by atoms with E-state index in [2.05, 4.69) is 142 Å². The second kappa shape index (κ2) is 68.3. The number of allylic oxidation sites excluding steroid dienone is 20. The van der Waals surface area contributed by atoms with E-state index in [4.69, 9.17) is 14.2 Å². The maximum Gasteiger partial charge on any atom is 0.306 e. The highest BCUT2D eigenvalue weighted by molar-refractivity contribution is 5.71. The Hall–Kier alpha value is -4.19. The summed E-state index contributed by atoms with van der Waals surface area (Å²) in [6, 6.07) is 0. The summed E-state index contributed by atoms with van der Waals surface area (Å²) in [5.74, 6) is -0.934. The quantitative estimate of drug-likeness (QED) is 0.0261. The second-order valence-electron chi connectivity index (χ2n) is 22.3. The monoisotopic (exact) mass is 1120 g/mol. The molecule has 0 bridgehead atoms. The third-order valence-corrected chi connectivity index (χ3v) is 14.4. The first-order valence-electron chi connectivity index (χ1n) is 34.0. The van der Waals surface area contributed by atoms with Gasteiger partial charge in [-0.05, 0) is 128 Å². The van der Waals surface area contributed by atoms with Gasteiger partial charge >= 0.3 is 17.9 Å². The van der Waals surface area contributed by atoms with Gasteiger partial charge in [0.1, 0.15) is 13.2 Å². The summed E-state index contributed by atoms with van der Waals surface area (Å²) < 4.78 is 16.9. The number of hydrogen-bond donors (Lipinski definition) is 0. The maximum atomic E-state index is 12.9. The summed E-state index contributed by atoms with van der Waals surface area (Å²) in [5, 5.41) is 0. The largest absolute Gasteiger partial charge is 0.462 e. The van der Waals surface area contributed by atoms with E-state index in [0.717, 1.165) is 116 Å². The number of esters is 3. The maximum absolute atomic E-state index is 12.9. The summed E-state index contributed by atoms with van der Waals surface area (Å²) in [5.41, 5.74) is 0. The van der Waals surface area contributed by atoms with Crippen LogP contribution in [0.1, 0.15) is 316 Å². The first-order valence-corrected chi connectivity index (χ1v) is 34.0. The van der Waals surface area contributed by atoms with Crippen LogP contribution in [0, 0.1) is 0 Å². The molecule has 6 heteroatoms. The Morgan fingerprint density at radius 2 is 0.481 bits per heavy atom. The molecule has 0 N–H and O–H groups in total. The van der Waals surface area contributed by atoms with Gasteiger partial charge in [-0.25, -0.2) is 0 Å². The topological polar surface area (TPSA) is 78.9 Å². The molecule has 0 aliphatic heterocycles. The first kappa shape index (κ1) is 76.8. The fourth-order valence-corrected chi connectivity index (χ4v) is 9.40. The molecule has 0 aliphatic rings. The Balaban J connectivity index is 4.37. The van der Waals surface area contributed by atoms with Crippen LogP contribution >= 0.6 is 0 Å². The highest BCUT2D eigenvalue weighted by atomic mass is 16.6. The van der Waals surface area contributed by atoms with E-state index < -0.39 is 6.10 Å². The van der Waals surface area contributed by atoms with E-state index in [1.165, 1.54) is 161 Å². The lowest BCUT2D eigenvalue weighted by atomic mass is 10.0. The molecule has 0 saturated carbocycles. The highest BCUT2D eigenvalue weighted by Gasteiger charge is 2.19. The van der Waals surface area contributed by atoms with Gasteiger partial charge in [-0.1, -0.05) is 290 Å². The van der Waals surface area contributed by atoms with Gasteiger partial charge in [0.25, 0.3) is 0 Å². The average Bonchev–Trinajstić information content (AvgIpc) is 3.47. The zero-order chi connectivity index (χ0) is 58.5. The fraction of sp³-hybridized carbons (Fsp3) is 0.693. The summed E-state index contributed by atoms with van der Waals surface area (Å²) in [6.45, 7) is 6.39. The molecule has 0 radical (unpaired) electrons. The standard InChI is InChI=1S/C75H126O6/c1-4-7-10-13-16-19-22-25-28-30-32-34-36-37-39-40-42-44-47-50-53-56-59-62-65-68-74(77)80-71-72(70-79-73(76)67-64-61-58-55-52-49-46-27-24-21-18-15-12-9-6-3)81-75(78)69-66-63-60-57-54-51-48-45-43-41-38-35-33-31-29-26-23-20-17-14-11-8-5-2/h8-9,11-12,17-18,20-22,25-27,29-30,32-33,35,46,52,55,72H,4-7,10,13-16,19,23-24,28,31,34,36-45,47-51,53-54,56-71H2,1-3H3/b11-8-,12-9-,20-17-,21-18-,25-22-,29-26-,32-30-,35-33-,46-27-,55-52-. The molecular weight excluding hydrogens is 997 g/mol. The lowest BCUT2D eigenvalue weighted by molar-refractivity contribution is -0.167. The first-order chi connectivity index (χ1) is 40.0. The predicted octanol–water partition coefficient (Wildman–Crippen LogP) is 23.6. The van der Waals surface area contributed by atoms with Crippen LogP contribution in [0.15, 0.2) is 122 Å². The Kier molecular flexibility index (Phi) is 64.8. The summed E-state index contributed by atoms with van der Waals surface area (Å²) in [4.78, 5) is 38.4. The Morgan fingerprint density at radius 1 is 0.259 bits per heavy atom. The molecule has 0 aromatic carbocycles. The molecule has 0 aromatic heterocycles. The molecule has 1 unspecified atom stereocenters. The van der Waals surface area contributed by atoms with E-state index in [1.807, 2.05) is 0 Å². The number of carbonyl (C=O) groups is 3. The van der Waals surface area contributed by atoms with Crippen molar-refractivity contribution in [2.24, 2.45) is 0 Å². The van der Waals surface area contributed by atoms with Crippen molar-refractivity contribution in [3.63, 3.8) is 0 Å². The van der Waals surface area contributed by atoms with Gasteiger partial charge in [-0.3, -0.25) is 14.4 Å². The van der Waals surface area contributed by atoms with Gasteiger partial charge in [-0.2, -0.15) is 0 Å². The van der Waals surface area contributed by atoms with Crippen molar-refractivity contribution in [2.75, 3.05) is 13.2 Å². The van der Waals surface area contributed by atoms with Gasteiger partial charge in [0.2, 0.25) is 0 Å². The minimum absolute atomic E-state index is 0.0943. The zero-order valence-electron chi connectivity index (χ0n) is 53.0. The lowest BCUT2D eigenvalue weighted by Gasteiger charge is -2.18. The van der Waals surface area contributed by atoms with Gasteiger partial charge in [0.05, 0.1) is 0 Å². The number of carbonyl (C=O) groups excluding carboxylic acids is 3. The number of unbranched alkanes of at least 4 members (excludes halogenated alkanes) is 30. The molecule has 1 atom stereocenters. The Labute approximate surface area is 501 Å². The third-order valence-electron chi connectivity index (χ3n) is 14.4. The van der Waals surface area contributed by atoms with Crippen LogP contribution in [0.3, 0.4) is 0 Å². The van der Waals surface area contributed by atoms with Crippen molar-refractivity contribution in [2.45, 2.75) is 322 Å². The van der Waals surface area contributed by atoms with Crippen molar-refractivity contribution in [1.82, 2.24) is 0 Å². The molecule has 0 rings (SSSR count). The van der Waals surface area contributed by atoms with Crippen molar-refractivity contribution >= 4 is 17.9 Å². The number of rotatable bonds is 61. The van der Waals surface area contributed by atoms with Crippen molar-refractivity contribution in [3.05, 3.63) is 122 Å². The predicted molar refractivity (Wildman–Crippen MR) is 353 cm³/mol. The van der Waals surface area contributed by atoms with Gasteiger partial charge in [0, 0.05) is 19.3 Å². The van der Waals surface area contributed by atoms with E-state index in [0.29, 0.717) is 19.3 Å². The molecule has 0 fully saturated rings. The van der Waals surface area contributed by atoms with E-state index >= 15 is 0 Å². The van der Waals surface area contributed by atoms with Gasteiger partial charge in [-0.15, -0.1) is 0 Å². The van der Waals surface area contributed by atoms with Crippen molar-refractivity contribution in [1.29, 1.82) is 0 Å². The van der Waals surface area contributed by atoms with Crippen LogP contribution in [-0.4, -0.2) is 37.2 Å². The summed E-state index contributed by atoms with van der Waals surface area (Å²) in [6.07, 6.45) is 95.0. The molecule has 0 spiro atoms. The Morgan fingerprint density at radius 3 is 0.778 bits per heavy atom. The minimum atomic E-state index is -0.803. The highest BCUT2D eigenvalue weighted by Crippen LogP contribution is 2.16. The van der Waals surface area contributed by atoms with Crippen molar-refractivity contribution < 1.29 is 28.6 Å². The smallest absolute Gasteiger partial charge is 0.306 e. The average molecular weight is 1120 g/mol. The molecule has 6 nitrogen and oxygen atoms in total. The molecule has 0 saturated heterocycles. The van der Waals surface area contributed by atoms with Gasteiger partial charge < -0.3 is 14.2 Å². The van der Waals surface area contributed by atoms with Crippen LogP contribution in [0.25, 0.3) is 0 Å². The van der Waals surface area contributed by atoms with Crippen LogP contribution in [0.5, 0.6) is 0 Å². The zero-order valence-corrected chi connectivity index (χ0v) is 53.0. The van der Waals surface area contributed by atoms with Crippen LogP contribution in [0.4, 0.5) is 0 Å². The lowest BCUT2D eigenvalue weighted by Crippen LogP contribution is -2.30. The van der Waals surface area contributed by atoms with E-state index in [9.17, 15) is 14.4 Å². The van der Waals surface area contributed by atoms with E-state index in [-0.39, 0.29) is 31.1 Å². The molecule has 81 heavy (non-hydrogen) atoms. The molecular formula is C75H126O6. The third kappa shape index (κ3) is 66.5. The van der Waals surface area contributed by atoms with Crippen LogP contribution in [-0.2, 0) is 28.6 Å². The molecule has 0 aliphatic carbocycles. The molecule has 462 valence electrons. The van der Waals surface area contributed by atoms with Gasteiger partial charge in [0.15, 0.2) is 6.10 Å². The molecule has 0 aromatic rings. The van der Waals surface area contributed by atoms with E-state index in [1.54, 1.807) is 0 Å². The SMILES string of the molecule is CC/C=C\C/C=C\C/C=C\C/C=C\CCCCCCCCCCCCC(=O)OC(COC(=O)CCCC/C=C\C/C=C\C/C=C\C/C=C\CC)COC(=O)CCCCCCCCCCCCCCC/C=C\C/C=C\CCCCCCC. The fourth-order valence-electron chi connectivity index (χ4n) is 9.40. The van der Waals surface area contributed by atoms with Crippen molar-refractivity contribution in [3.8, 4) is 0 Å². The minimum Gasteiger partial charge on any atom is -0.462 e. The Bertz CT molecular complexity index is 1670. The molecule has 0 heterocycles. The summed E-state index contributed by atoms with van der Waals surface area (Å²) >= 11 is 0. The van der Waals surface area contributed by atoms with Crippen LogP contribution < -0.4 is 0 Å². The second-order valence-corrected chi connectivity index (χ2v) is 22.3. The number of ether oxygens (including phenoxy) is 3. The number of hydrogen-bond acceptors (Lipinski definition) is 6.